The standard InChI is InChI=1S/C16H21Cl3N2O5S/c1-6-26-14(24)10-8(4)9(13(23)25-5)12(27-10)21-15(16(17,18)19)20-11(22)7(2)3/h7,15,21H,6H2,1-5H3,(H,20,22). The number of alkyl halides is 3. The summed E-state index contributed by atoms with van der Waals surface area (Å²) in [5.41, 5.74) is 0.467. The summed E-state index contributed by atoms with van der Waals surface area (Å²) in [4.78, 5) is 36.6. The lowest BCUT2D eigenvalue weighted by molar-refractivity contribution is -0.124. The van der Waals surface area contributed by atoms with E-state index in [9.17, 15) is 14.4 Å². The van der Waals surface area contributed by atoms with Crippen LogP contribution in [0.2, 0.25) is 0 Å². The molecule has 7 nitrogen and oxygen atoms in total. The molecule has 11 heteroatoms. The van der Waals surface area contributed by atoms with E-state index in [2.05, 4.69) is 10.6 Å². The molecule has 0 radical (unpaired) electrons. The van der Waals surface area contributed by atoms with Gasteiger partial charge in [0.05, 0.1) is 19.3 Å². The van der Waals surface area contributed by atoms with Crippen LogP contribution >= 0.6 is 46.1 Å². The minimum atomic E-state index is -1.93. The Bertz CT molecular complexity index is 716. The highest BCUT2D eigenvalue weighted by molar-refractivity contribution is 7.18. The molecule has 0 saturated carbocycles. The number of hydrogen-bond donors (Lipinski definition) is 2. The molecule has 1 atom stereocenters. The predicted octanol–water partition coefficient (Wildman–Crippen LogP) is 3.90. The number of anilines is 1. The fraction of sp³-hybridized carbons (Fsp3) is 0.562. The van der Waals surface area contributed by atoms with Crippen molar-refractivity contribution in [1.29, 1.82) is 0 Å². The van der Waals surface area contributed by atoms with Crippen molar-refractivity contribution in [2.45, 2.75) is 37.7 Å². The summed E-state index contributed by atoms with van der Waals surface area (Å²) in [5, 5.41) is 5.60. The summed E-state index contributed by atoms with van der Waals surface area (Å²) in [5.74, 6) is -1.99. The van der Waals surface area contributed by atoms with Gasteiger partial charge in [0.15, 0.2) is 0 Å². The molecule has 0 bridgehead atoms. The number of halogens is 3. The molecule has 0 aliphatic heterocycles. The fourth-order valence-electron chi connectivity index (χ4n) is 1.99. The lowest BCUT2D eigenvalue weighted by atomic mass is 10.1. The minimum Gasteiger partial charge on any atom is -0.465 e. The number of esters is 2. The van der Waals surface area contributed by atoms with Crippen LogP contribution in [0.15, 0.2) is 0 Å². The molecule has 0 aromatic carbocycles. The quantitative estimate of drug-likeness (QED) is 0.365. The molecular formula is C16H21Cl3N2O5S. The Morgan fingerprint density at radius 3 is 2.22 bits per heavy atom. The van der Waals surface area contributed by atoms with Crippen molar-refractivity contribution >= 4 is 69.0 Å². The molecular weight excluding hydrogens is 439 g/mol. The number of rotatable bonds is 7. The molecule has 1 amide bonds. The van der Waals surface area contributed by atoms with Gasteiger partial charge in [-0.25, -0.2) is 9.59 Å². The third kappa shape index (κ3) is 6.14. The van der Waals surface area contributed by atoms with Crippen molar-refractivity contribution in [3.63, 3.8) is 0 Å². The number of carbonyl (C=O) groups excluding carboxylic acids is 3. The van der Waals surface area contributed by atoms with E-state index in [1.54, 1.807) is 27.7 Å². The zero-order chi connectivity index (χ0) is 20.9. The minimum absolute atomic E-state index is 0.101. The zero-order valence-corrected chi connectivity index (χ0v) is 18.5. The number of nitrogens with one attached hydrogen (secondary N) is 2. The van der Waals surface area contributed by atoms with Crippen LogP contribution in [0.25, 0.3) is 0 Å². The topological polar surface area (TPSA) is 93.7 Å². The SMILES string of the molecule is CCOC(=O)c1sc(NC(NC(=O)C(C)C)C(Cl)(Cl)Cl)c(C(=O)OC)c1C. The van der Waals surface area contributed by atoms with Crippen LogP contribution in [0, 0.1) is 12.8 Å². The normalized spacial score (nSPS) is 12.5. The van der Waals surface area contributed by atoms with Gasteiger partial charge in [-0.2, -0.15) is 0 Å². The first-order chi connectivity index (χ1) is 12.4. The van der Waals surface area contributed by atoms with Crippen molar-refractivity contribution < 1.29 is 23.9 Å². The summed E-state index contributed by atoms with van der Waals surface area (Å²) in [6, 6.07) is 0. The monoisotopic (exact) mass is 458 g/mol. The number of carbonyl (C=O) groups is 3. The number of amides is 1. The summed E-state index contributed by atoms with van der Waals surface area (Å²) < 4.78 is 7.86. The first-order valence-corrected chi connectivity index (χ1v) is 9.91. The van der Waals surface area contributed by atoms with E-state index >= 15 is 0 Å². The van der Waals surface area contributed by atoms with Crippen LogP contribution in [0.1, 0.15) is 46.4 Å². The molecule has 0 aliphatic carbocycles. The summed E-state index contributed by atoms with van der Waals surface area (Å²) in [6.45, 7) is 6.78. The van der Waals surface area contributed by atoms with E-state index < -0.39 is 21.9 Å². The summed E-state index contributed by atoms with van der Waals surface area (Å²) >= 11 is 18.9. The Labute approximate surface area is 176 Å². The van der Waals surface area contributed by atoms with Gasteiger partial charge in [-0.1, -0.05) is 48.7 Å². The predicted molar refractivity (Wildman–Crippen MR) is 107 cm³/mol. The van der Waals surface area contributed by atoms with Gasteiger partial charge in [0.2, 0.25) is 9.70 Å². The van der Waals surface area contributed by atoms with Gasteiger partial charge in [-0.05, 0) is 19.4 Å². The first-order valence-electron chi connectivity index (χ1n) is 7.96. The van der Waals surface area contributed by atoms with Crippen LogP contribution in [0.5, 0.6) is 0 Å². The Balaban J connectivity index is 3.35. The molecule has 27 heavy (non-hydrogen) atoms. The van der Waals surface area contributed by atoms with Crippen molar-refractivity contribution in [1.82, 2.24) is 5.32 Å². The largest absolute Gasteiger partial charge is 0.465 e. The second-order valence-electron chi connectivity index (χ2n) is 5.75. The zero-order valence-electron chi connectivity index (χ0n) is 15.4. The Morgan fingerprint density at radius 2 is 1.78 bits per heavy atom. The molecule has 0 saturated heterocycles. The van der Waals surface area contributed by atoms with Crippen LogP contribution in [-0.4, -0.2) is 41.5 Å². The smallest absolute Gasteiger partial charge is 0.348 e. The highest BCUT2D eigenvalue weighted by Gasteiger charge is 2.37. The molecule has 0 aliphatic rings. The van der Waals surface area contributed by atoms with Gasteiger partial charge in [-0.15, -0.1) is 11.3 Å². The molecule has 1 unspecified atom stereocenters. The van der Waals surface area contributed by atoms with E-state index in [0.717, 1.165) is 11.3 Å². The molecule has 0 spiro atoms. The second-order valence-corrected chi connectivity index (χ2v) is 9.14. The van der Waals surface area contributed by atoms with Gasteiger partial charge >= 0.3 is 11.9 Å². The van der Waals surface area contributed by atoms with Gasteiger partial charge in [-0.3, -0.25) is 4.79 Å². The Hall–Kier alpha value is -1.22. The van der Waals surface area contributed by atoms with Crippen molar-refractivity contribution in [2.24, 2.45) is 5.92 Å². The molecule has 0 fully saturated rings. The van der Waals surface area contributed by atoms with E-state index in [0.29, 0.717) is 5.56 Å². The van der Waals surface area contributed by atoms with Crippen molar-refractivity contribution in [2.75, 3.05) is 19.0 Å². The van der Waals surface area contributed by atoms with Gasteiger partial charge in [0.1, 0.15) is 16.0 Å². The highest BCUT2D eigenvalue weighted by Crippen LogP contribution is 2.38. The molecule has 1 aromatic rings. The number of hydrogen-bond acceptors (Lipinski definition) is 7. The van der Waals surface area contributed by atoms with Crippen LogP contribution in [0.3, 0.4) is 0 Å². The second kappa shape index (κ2) is 9.82. The van der Waals surface area contributed by atoms with Crippen LogP contribution < -0.4 is 10.6 Å². The highest BCUT2D eigenvalue weighted by atomic mass is 35.6. The maximum Gasteiger partial charge on any atom is 0.348 e. The van der Waals surface area contributed by atoms with Gasteiger partial charge in [0.25, 0.3) is 0 Å². The third-order valence-corrected chi connectivity index (χ3v) is 5.27. The number of thiophene rings is 1. The Kier molecular flexibility index (Phi) is 8.66. The maximum absolute atomic E-state index is 12.2. The van der Waals surface area contributed by atoms with Crippen LogP contribution in [0.4, 0.5) is 5.00 Å². The number of ether oxygens (including phenoxy) is 2. The van der Waals surface area contributed by atoms with E-state index in [4.69, 9.17) is 44.3 Å². The van der Waals surface area contributed by atoms with Gasteiger partial charge in [0, 0.05) is 5.92 Å². The van der Waals surface area contributed by atoms with Gasteiger partial charge < -0.3 is 20.1 Å². The number of methoxy groups -OCH3 is 1. The van der Waals surface area contributed by atoms with Crippen LogP contribution in [-0.2, 0) is 14.3 Å². The molecule has 152 valence electrons. The Morgan fingerprint density at radius 1 is 1.19 bits per heavy atom. The molecule has 1 heterocycles. The third-order valence-electron chi connectivity index (χ3n) is 3.41. The molecule has 1 rings (SSSR count). The fourth-order valence-corrected chi connectivity index (χ4v) is 3.44. The maximum atomic E-state index is 12.2. The van der Waals surface area contributed by atoms with Crippen molar-refractivity contribution in [3.05, 3.63) is 16.0 Å². The van der Waals surface area contributed by atoms with E-state index in [1.165, 1.54) is 7.11 Å². The van der Waals surface area contributed by atoms with E-state index in [-0.39, 0.29) is 33.9 Å². The molecule has 2 N–H and O–H groups in total. The first kappa shape index (κ1) is 23.8. The molecule has 1 aromatic heterocycles. The van der Waals surface area contributed by atoms with Crippen molar-refractivity contribution in [3.8, 4) is 0 Å². The summed E-state index contributed by atoms with van der Waals surface area (Å²) in [7, 11) is 1.21. The average Bonchev–Trinajstić information content (AvgIpc) is 2.89. The average molecular weight is 460 g/mol. The lowest BCUT2D eigenvalue weighted by Gasteiger charge is -2.27. The lowest BCUT2D eigenvalue weighted by Crippen LogP contribution is -2.50. The summed E-state index contributed by atoms with van der Waals surface area (Å²) in [6.07, 6.45) is -1.16. The van der Waals surface area contributed by atoms with E-state index in [1.807, 2.05) is 0 Å².